The summed E-state index contributed by atoms with van der Waals surface area (Å²) < 4.78 is 0. The van der Waals surface area contributed by atoms with Gasteiger partial charge in [0.05, 0.1) is 6.54 Å². The Hall–Kier alpha value is -0.480. The molecule has 0 saturated carbocycles. The molecule has 0 aromatic carbocycles. The van der Waals surface area contributed by atoms with E-state index < -0.39 is 0 Å². The monoisotopic (exact) mass is 151 g/mol. The Morgan fingerprint density at radius 3 is 2.82 bits per heavy atom. The molecule has 0 N–H and O–H groups in total. The minimum absolute atomic E-state index is 0.817. The summed E-state index contributed by atoms with van der Waals surface area (Å²) in [5.74, 6) is 4.39. The van der Waals surface area contributed by atoms with E-state index in [0.717, 1.165) is 18.4 Å². The third kappa shape index (κ3) is 2.24. The molecule has 0 aromatic rings. The van der Waals surface area contributed by atoms with Crippen molar-refractivity contribution >= 4 is 0 Å². The number of hydrogen-bond donors (Lipinski definition) is 0. The molecular weight excluding hydrogens is 134 g/mol. The lowest BCUT2D eigenvalue weighted by atomic mass is 9.95. The predicted octanol–water partition coefficient (Wildman–Crippen LogP) is 1.60. The Labute approximate surface area is 69.8 Å². The van der Waals surface area contributed by atoms with Crippen LogP contribution in [-0.4, -0.2) is 24.5 Å². The fraction of sp³-hybridized carbons (Fsp3) is 0.800. The Bertz CT molecular complexity index is 155. The van der Waals surface area contributed by atoms with Crippen molar-refractivity contribution in [3.8, 4) is 12.3 Å². The van der Waals surface area contributed by atoms with Crippen LogP contribution in [0.3, 0.4) is 0 Å². The molecule has 1 heteroatoms. The van der Waals surface area contributed by atoms with Crippen molar-refractivity contribution in [1.82, 2.24) is 4.90 Å². The van der Waals surface area contributed by atoms with Gasteiger partial charge in [-0.1, -0.05) is 19.8 Å². The van der Waals surface area contributed by atoms with Crippen molar-refractivity contribution in [2.75, 3.05) is 19.6 Å². The summed E-state index contributed by atoms with van der Waals surface area (Å²) in [5.41, 5.74) is 0. The molecule has 62 valence electrons. The summed E-state index contributed by atoms with van der Waals surface area (Å²) in [5, 5.41) is 0. The number of nitrogens with zero attached hydrogens (tertiary/aromatic N) is 1. The molecule has 0 spiro atoms. The van der Waals surface area contributed by atoms with Gasteiger partial charge >= 0.3 is 0 Å². The van der Waals surface area contributed by atoms with E-state index in [2.05, 4.69) is 24.7 Å². The van der Waals surface area contributed by atoms with Crippen LogP contribution in [0.5, 0.6) is 0 Å². The topological polar surface area (TPSA) is 3.24 Å². The largest absolute Gasteiger partial charge is 0.292 e. The molecule has 1 fully saturated rings. The molecule has 1 rings (SSSR count). The van der Waals surface area contributed by atoms with Gasteiger partial charge in [-0.05, 0) is 24.8 Å². The van der Waals surface area contributed by atoms with Crippen molar-refractivity contribution in [2.45, 2.75) is 20.3 Å². The van der Waals surface area contributed by atoms with Gasteiger partial charge in [-0.2, -0.15) is 0 Å². The Morgan fingerprint density at radius 1 is 1.64 bits per heavy atom. The first-order valence-corrected chi connectivity index (χ1v) is 4.40. The van der Waals surface area contributed by atoms with E-state index in [1.165, 1.54) is 19.5 Å². The predicted molar refractivity (Wildman–Crippen MR) is 48.2 cm³/mol. The van der Waals surface area contributed by atoms with Crippen LogP contribution >= 0.6 is 0 Å². The fourth-order valence-corrected chi connectivity index (χ4v) is 1.68. The Kier molecular flexibility index (Phi) is 2.96. The molecule has 1 nitrogen and oxygen atoms in total. The molecule has 11 heavy (non-hydrogen) atoms. The highest BCUT2D eigenvalue weighted by Crippen LogP contribution is 2.22. The van der Waals surface area contributed by atoms with E-state index in [4.69, 9.17) is 6.42 Å². The minimum Gasteiger partial charge on any atom is -0.292 e. The van der Waals surface area contributed by atoms with Gasteiger partial charge in [-0.3, -0.25) is 4.90 Å². The summed E-state index contributed by atoms with van der Waals surface area (Å²) >= 11 is 0. The maximum Gasteiger partial charge on any atom is 0.0599 e. The summed E-state index contributed by atoms with van der Waals surface area (Å²) in [6.45, 7) is 7.84. The van der Waals surface area contributed by atoms with Gasteiger partial charge < -0.3 is 0 Å². The Morgan fingerprint density at radius 2 is 2.36 bits per heavy atom. The van der Waals surface area contributed by atoms with Gasteiger partial charge in [0.1, 0.15) is 0 Å². The minimum atomic E-state index is 0.817. The first-order chi connectivity index (χ1) is 5.24. The third-order valence-corrected chi connectivity index (χ3v) is 2.57. The standard InChI is InChI=1S/C10H17N/c1-4-6-11-7-5-10(8-11)9(2)3/h1,9-10H,5-8H2,2-3H3. The lowest BCUT2D eigenvalue weighted by molar-refractivity contribution is 0.332. The average Bonchev–Trinajstić information content (AvgIpc) is 2.37. The van der Waals surface area contributed by atoms with Crippen LogP contribution in [0.25, 0.3) is 0 Å². The Balaban J connectivity index is 2.30. The summed E-state index contributed by atoms with van der Waals surface area (Å²) in [6.07, 6.45) is 6.57. The van der Waals surface area contributed by atoms with Gasteiger partial charge in [-0.15, -0.1) is 6.42 Å². The molecule has 0 amide bonds. The van der Waals surface area contributed by atoms with Crippen LogP contribution in [0.15, 0.2) is 0 Å². The maximum absolute atomic E-state index is 5.24. The molecule has 0 bridgehead atoms. The van der Waals surface area contributed by atoms with Crippen molar-refractivity contribution < 1.29 is 0 Å². The lowest BCUT2D eigenvalue weighted by Crippen LogP contribution is -2.22. The maximum atomic E-state index is 5.24. The molecule has 0 radical (unpaired) electrons. The van der Waals surface area contributed by atoms with Gasteiger partial charge in [0.25, 0.3) is 0 Å². The van der Waals surface area contributed by atoms with Crippen LogP contribution < -0.4 is 0 Å². The average molecular weight is 151 g/mol. The molecule has 1 saturated heterocycles. The molecule has 0 aliphatic carbocycles. The van der Waals surface area contributed by atoms with E-state index in [0.29, 0.717) is 0 Å². The second-order valence-electron chi connectivity index (χ2n) is 3.73. The van der Waals surface area contributed by atoms with Crippen LogP contribution in [-0.2, 0) is 0 Å². The van der Waals surface area contributed by atoms with Crippen LogP contribution in [0.4, 0.5) is 0 Å². The highest BCUT2D eigenvalue weighted by atomic mass is 15.1. The second kappa shape index (κ2) is 3.78. The SMILES string of the molecule is C#CCN1CCC(C(C)C)C1. The first kappa shape index (κ1) is 8.62. The normalized spacial score (nSPS) is 25.8. The van der Waals surface area contributed by atoms with Crippen molar-refractivity contribution in [1.29, 1.82) is 0 Å². The summed E-state index contributed by atoms with van der Waals surface area (Å²) in [7, 11) is 0. The second-order valence-corrected chi connectivity index (χ2v) is 3.73. The van der Waals surface area contributed by atoms with Crippen LogP contribution in [0.2, 0.25) is 0 Å². The summed E-state index contributed by atoms with van der Waals surface area (Å²) in [4.78, 5) is 2.37. The smallest absolute Gasteiger partial charge is 0.0599 e. The third-order valence-electron chi connectivity index (χ3n) is 2.57. The van der Waals surface area contributed by atoms with E-state index in [9.17, 15) is 0 Å². The number of terminal acetylenes is 1. The van der Waals surface area contributed by atoms with Gasteiger partial charge in [0.15, 0.2) is 0 Å². The zero-order valence-corrected chi connectivity index (χ0v) is 7.51. The number of likely N-dealkylation sites (tertiary alicyclic amines) is 1. The van der Waals surface area contributed by atoms with Crippen LogP contribution in [0, 0.1) is 24.2 Å². The highest BCUT2D eigenvalue weighted by Gasteiger charge is 2.23. The molecule has 0 aromatic heterocycles. The van der Waals surface area contributed by atoms with Gasteiger partial charge in [0, 0.05) is 6.54 Å². The van der Waals surface area contributed by atoms with Crippen molar-refractivity contribution in [3.05, 3.63) is 0 Å². The first-order valence-electron chi connectivity index (χ1n) is 4.40. The zero-order valence-electron chi connectivity index (χ0n) is 7.51. The lowest BCUT2D eigenvalue weighted by Gasteiger charge is -2.14. The number of rotatable bonds is 2. The quantitative estimate of drug-likeness (QED) is 0.542. The molecule has 1 atom stereocenters. The molecule has 1 unspecified atom stereocenters. The van der Waals surface area contributed by atoms with E-state index in [1.807, 2.05) is 0 Å². The highest BCUT2D eigenvalue weighted by molar-refractivity contribution is 4.91. The molecule has 1 aliphatic heterocycles. The fourth-order valence-electron chi connectivity index (χ4n) is 1.68. The van der Waals surface area contributed by atoms with Gasteiger partial charge in [-0.25, -0.2) is 0 Å². The van der Waals surface area contributed by atoms with E-state index >= 15 is 0 Å². The van der Waals surface area contributed by atoms with Crippen molar-refractivity contribution in [2.24, 2.45) is 11.8 Å². The van der Waals surface area contributed by atoms with Crippen LogP contribution in [0.1, 0.15) is 20.3 Å². The van der Waals surface area contributed by atoms with E-state index in [1.54, 1.807) is 0 Å². The zero-order chi connectivity index (χ0) is 8.27. The molecular formula is C10H17N. The molecule has 1 aliphatic rings. The van der Waals surface area contributed by atoms with E-state index in [-0.39, 0.29) is 0 Å². The number of hydrogen-bond acceptors (Lipinski definition) is 1. The summed E-state index contributed by atoms with van der Waals surface area (Å²) in [6, 6.07) is 0. The van der Waals surface area contributed by atoms with Crippen molar-refractivity contribution in [3.63, 3.8) is 0 Å². The molecule has 1 heterocycles. The van der Waals surface area contributed by atoms with Gasteiger partial charge in [0.2, 0.25) is 0 Å².